The molecular weight excluding hydrogens is 426 g/mol. The first-order chi connectivity index (χ1) is 13.5. The van der Waals surface area contributed by atoms with Gasteiger partial charge in [0.2, 0.25) is 0 Å². The van der Waals surface area contributed by atoms with Crippen molar-refractivity contribution in [2.24, 2.45) is 0 Å². The van der Waals surface area contributed by atoms with Crippen molar-refractivity contribution in [2.75, 3.05) is 11.4 Å². The van der Waals surface area contributed by atoms with Crippen molar-refractivity contribution < 1.29 is 9.72 Å². The molecular formula is C19H16BrN5O3. The molecule has 1 amide bonds. The number of amides is 1. The van der Waals surface area contributed by atoms with Gasteiger partial charge in [0.05, 0.1) is 16.3 Å². The highest BCUT2D eigenvalue weighted by atomic mass is 79.9. The fourth-order valence-corrected chi connectivity index (χ4v) is 3.82. The first-order valence-electron chi connectivity index (χ1n) is 8.73. The van der Waals surface area contributed by atoms with Crippen molar-refractivity contribution >= 4 is 33.2 Å². The van der Waals surface area contributed by atoms with Crippen LogP contribution in [0.15, 0.2) is 46.9 Å². The van der Waals surface area contributed by atoms with Crippen LogP contribution in [0.25, 0.3) is 5.69 Å². The normalized spacial score (nSPS) is 13.3. The Labute approximate surface area is 169 Å². The SMILES string of the molecule is Cc1c(C(=O)N2CCCc3cc(Br)ccc32)nnn1-c1cccc([N+](=O)[O-])c1. The van der Waals surface area contributed by atoms with Crippen LogP contribution in [0.3, 0.4) is 0 Å². The molecule has 8 nitrogen and oxygen atoms in total. The van der Waals surface area contributed by atoms with Crippen LogP contribution < -0.4 is 4.90 Å². The highest BCUT2D eigenvalue weighted by Gasteiger charge is 2.28. The molecule has 0 saturated carbocycles. The summed E-state index contributed by atoms with van der Waals surface area (Å²) in [5.41, 5.74) is 3.20. The predicted octanol–water partition coefficient (Wildman–Crippen LogP) is 3.84. The van der Waals surface area contributed by atoms with Gasteiger partial charge < -0.3 is 4.90 Å². The lowest BCUT2D eigenvalue weighted by molar-refractivity contribution is -0.384. The predicted molar refractivity (Wildman–Crippen MR) is 107 cm³/mol. The molecule has 0 atom stereocenters. The number of aromatic nitrogens is 3. The van der Waals surface area contributed by atoms with E-state index < -0.39 is 4.92 Å². The largest absolute Gasteiger partial charge is 0.307 e. The van der Waals surface area contributed by atoms with Gasteiger partial charge in [0.15, 0.2) is 5.69 Å². The summed E-state index contributed by atoms with van der Waals surface area (Å²) in [4.78, 5) is 25.5. The van der Waals surface area contributed by atoms with Gasteiger partial charge in [-0.25, -0.2) is 4.68 Å². The second kappa shape index (κ2) is 7.16. The Morgan fingerprint density at radius 3 is 2.86 bits per heavy atom. The zero-order valence-electron chi connectivity index (χ0n) is 15.0. The van der Waals surface area contributed by atoms with Crippen molar-refractivity contribution in [3.05, 3.63) is 74.0 Å². The maximum absolute atomic E-state index is 13.2. The summed E-state index contributed by atoms with van der Waals surface area (Å²) in [5.74, 6) is -0.225. The van der Waals surface area contributed by atoms with Gasteiger partial charge in [-0.3, -0.25) is 14.9 Å². The van der Waals surface area contributed by atoms with Crippen LogP contribution in [0, 0.1) is 17.0 Å². The van der Waals surface area contributed by atoms with E-state index in [2.05, 4.69) is 26.2 Å². The summed E-state index contributed by atoms with van der Waals surface area (Å²) in [6.45, 7) is 2.34. The monoisotopic (exact) mass is 441 g/mol. The van der Waals surface area contributed by atoms with E-state index in [-0.39, 0.29) is 17.3 Å². The van der Waals surface area contributed by atoms with E-state index in [0.29, 0.717) is 17.9 Å². The van der Waals surface area contributed by atoms with E-state index in [1.165, 1.54) is 16.8 Å². The average Bonchev–Trinajstić information content (AvgIpc) is 3.08. The van der Waals surface area contributed by atoms with Crippen molar-refractivity contribution in [1.29, 1.82) is 0 Å². The summed E-state index contributed by atoms with van der Waals surface area (Å²) >= 11 is 3.47. The summed E-state index contributed by atoms with van der Waals surface area (Å²) in [5, 5.41) is 19.2. The van der Waals surface area contributed by atoms with E-state index in [4.69, 9.17) is 0 Å². The van der Waals surface area contributed by atoms with E-state index in [1.807, 2.05) is 18.2 Å². The van der Waals surface area contributed by atoms with Gasteiger partial charge in [-0.2, -0.15) is 0 Å². The van der Waals surface area contributed by atoms with E-state index in [0.717, 1.165) is 28.6 Å². The zero-order valence-corrected chi connectivity index (χ0v) is 16.6. The van der Waals surface area contributed by atoms with Crippen LogP contribution in [0.2, 0.25) is 0 Å². The molecule has 142 valence electrons. The minimum absolute atomic E-state index is 0.0455. The van der Waals surface area contributed by atoms with Gasteiger partial charge in [-0.15, -0.1) is 5.10 Å². The van der Waals surface area contributed by atoms with E-state index in [1.54, 1.807) is 24.0 Å². The van der Waals surface area contributed by atoms with Crippen LogP contribution in [-0.2, 0) is 6.42 Å². The molecule has 4 rings (SSSR count). The third kappa shape index (κ3) is 3.18. The highest BCUT2D eigenvalue weighted by molar-refractivity contribution is 9.10. The Morgan fingerprint density at radius 2 is 2.07 bits per heavy atom. The Kier molecular flexibility index (Phi) is 4.68. The number of benzene rings is 2. The van der Waals surface area contributed by atoms with E-state index in [9.17, 15) is 14.9 Å². The smallest absolute Gasteiger partial charge is 0.280 e. The van der Waals surface area contributed by atoms with E-state index >= 15 is 0 Å². The number of rotatable bonds is 3. The molecule has 0 aliphatic carbocycles. The Balaban J connectivity index is 1.70. The zero-order chi connectivity index (χ0) is 19.8. The van der Waals surface area contributed by atoms with Crippen LogP contribution in [-0.4, -0.2) is 32.4 Å². The van der Waals surface area contributed by atoms with Gasteiger partial charge in [-0.05, 0) is 49.6 Å². The topological polar surface area (TPSA) is 94.2 Å². The fourth-order valence-electron chi connectivity index (χ4n) is 3.41. The first kappa shape index (κ1) is 18.3. The third-order valence-corrected chi connectivity index (χ3v) is 5.28. The van der Waals surface area contributed by atoms with Gasteiger partial charge in [0.1, 0.15) is 0 Å². The minimum Gasteiger partial charge on any atom is -0.307 e. The molecule has 3 aromatic rings. The van der Waals surface area contributed by atoms with Gasteiger partial charge in [0.25, 0.3) is 11.6 Å². The molecule has 0 fully saturated rings. The number of nitro groups is 1. The maximum atomic E-state index is 13.2. The third-order valence-electron chi connectivity index (χ3n) is 4.79. The van der Waals surface area contributed by atoms with Crippen LogP contribution in [0.1, 0.15) is 28.2 Å². The van der Waals surface area contributed by atoms with Crippen molar-refractivity contribution in [3.63, 3.8) is 0 Å². The van der Waals surface area contributed by atoms with Gasteiger partial charge >= 0.3 is 0 Å². The summed E-state index contributed by atoms with van der Waals surface area (Å²) in [6, 6.07) is 12.0. The second-order valence-corrected chi connectivity index (χ2v) is 7.46. The number of carbonyl (C=O) groups is 1. The number of aryl methyl sites for hydroxylation is 1. The van der Waals surface area contributed by atoms with Gasteiger partial charge in [0, 0.05) is 28.8 Å². The number of nitrogens with zero attached hydrogens (tertiary/aromatic N) is 5. The number of nitro benzene ring substituents is 1. The molecule has 28 heavy (non-hydrogen) atoms. The first-order valence-corrected chi connectivity index (χ1v) is 9.52. The molecule has 0 saturated heterocycles. The van der Waals surface area contributed by atoms with Gasteiger partial charge in [-0.1, -0.05) is 27.2 Å². The standard InChI is InChI=1S/C19H16BrN5O3/c1-12-18(21-22-24(12)15-5-2-6-16(11-15)25(27)28)19(26)23-9-3-4-13-10-14(20)7-8-17(13)23/h2,5-8,10-11H,3-4,9H2,1H3. The summed E-state index contributed by atoms with van der Waals surface area (Å²) in [7, 11) is 0. The molecule has 2 aromatic carbocycles. The Morgan fingerprint density at radius 1 is 1.25 bits per heavy atom. The molecule has 9 heteroatoms. The number of carbonyl (C=O) groups excluding carboxylic acids is 1. The molecule has 1 aliphatic rings. The lowest BCUT2D eigenvalue weighted by Crippen LogP contribution is -2.36. The Hall–Kier alpha value is -3.07. The van der Waals surface area contributed by atoms with Crippen LogP contribution in [0.5, 0.6) is 0 Å². The summed E-state index contributed by atoms with van der Waals surface area (Å²) in [6.07, 6.45) is 1.78. The number of halogens is 1. The van der Waals surface area contributed by atoms with Crippen LogP contribution in [0.4, 0.5) is 11.4 Å². The Bertz CT molecular complexity index is 1090. The molecule has 0 bridgehead atoms. The number of hydrogen-bond acceptors (Lipinski definition) is 5. The van der Waals surface area contributed by atoms with Crippen molar-refractivity contribution in [2.45, 2.75) is 19.8 Å². The lowest BCUT2D eigenvalue weighted by Gasteiger charge is -2.29. The molecule has 0 radical (unpaired) electrons. The average molecular weight is 442 g/mol. The fraction of sp³-hybridized carbons (Fsp3) is 0.211. The quantitative estimate of drug-likeness (QED) is 0.454. The molecule has 0 N–H and O–H groups in total. The lowest BCUT2D eigenvalue weighted by atomic mass is 10.0. The number of non-ortho nitro benzene ring substituents is 1. The maximum Gasteiger partial charge on any atom is 0.280 e. The number of fused-ring (bicyclic) bond motifs is 1. The van der Waals surface area contributed by atoms with Crippen molar-refractivity contribution in [3.8, 4) is 5.69 Å². The molecule has 1 aromatic heterocycles. The molecule has 0 spiro atoms. The number of hydrogen-bond donors (Lipinski definition) is 0. The minimum atomic E-state index is -0.468. The molecule has 0 unspecified atom stereocenters. The second-order valence-electron chi connectivity index (χ2n) is 6.55. The molecule has 2 heterocycles. The summed E-state index contributed by atoms with van der Waals surface area (Å²) < 4.78 is 2.43. The van der Waals surface area contributed by atoms with Crippen molar-refractivity contribution in [1.82, 2.24) is 15.0 Å². The number of anilines is 1. The van der Waals surface area contributed by atoms with Crippen LogP contribution >= 0.6 is 15.9 Å². The highest BCUT2D eigenvalue weighted by Crippen LogP contribution is 2.31. The molecule has 1 aliphatic heterocycles.